The Morgan fingerprint density at radius 2 is 2.06 bits per heavy atom. The highest BCUT2D eigenvalue weighted by Gasteiger charge is 2.22. The summed E-state index contributed by atoms with van der Waals surface area (Å²) >= 11 is 3.46. The maximum Gasteiger partial charge on any atom is 0.123 e. The quantitative estimate of drug-likeness (QED) is 0.849. The molecule has 0 saturated carbocycles. The van der Waals surface area contributed by atoms with Gasteiger partial charge in [-0.25, -0.2) is 4.39 Å². The van der Waals surface area contributed by atoms with Crippen LogP contribution in [0, 0.1) is 5.82 Å². The van der Waals surface area contributed by atoms with Crippen molar-refractivity contribution in [2.75, 3.05) is 5.32 Å². The summed E-state index contributed by atoms with van der Waals surface area (Å²) in [7, 11) is 0. The van der Waals surface area contributed by atoms with Crippen molar-refractivity contribution in [2.45, 2.75) is 18.9 Å². The Bertz CT molecular complexity index is 582. The molecule has 92 valence electrons. The fourth-order valence-corrected chi connectivity index (χ4v) is 2.91. The third kappa shape index (κ3) is 2.27. The minimum absolute atomic E-state index is 0.142. The van der Waals surface area contributed by atoms with Crippen molar-refractivity contribution < 1.29 is 4.39 Å². The predicted molar refractivity (Wildman–Crippen MR) is 75.2 cm³/mol. The molecule has 1 N–H and O–H groups in total. The number of hydrogen-bond acceptors (Lipinski definition) is 1. The lowest BCUT2D eigenvalue weighted by Gasteiger charge is -2.15. The minimum Gasteiger partial charge on any atom is -0.378 e. The van der Waals surface area contributed by atoms with Gasteiger partial charge in [0.1, 0.15) is 5.82 Å². The van der Waals surface area contributed by atoms with E-state index in [1.807, 2.05) is 24.3 Å². The highest BCUT2D eigenvalue weighted by molar-refractivity contribution is 9.10. The van der Waals surface area contributed by atoms with Crippen LogP contribution in [-0.2, 0) is 6.42 Å². The zero-order valence-electron chi connectivity index (χ0n) is 9.79. The van der Waals surface area contributed by atoms with E-state index < -0.39 is 0 Å². The number of hydrogen-bond donors (Lipinski definition) is 1. The standard InChI is InChI=1S/C15H13BrFN/c16-11-2-1-3-13(9-11)18-15-7-4-10-8-12(17)5-6-14(10)15/h1-3,5-6,8-9,15,18H,4,7H2. The number of halogens is 2. The van der Waals surface area contributed by atoms with Gasteiger partial charge in [0.05, 0.1) is 6.04 Å². The van der Waals surface area contributed by atoms with Gasteiger partial charge in [-0.1, -0.05) is 28.1 Å². The van der Waals surface area contributed by atoms with Crippen LogP contribution < -0.4 is 5.32 Å². The molecule has 1 aliphatic rings. The van der Waals surface area contributed by atoms with Crippen LogP contribution in [-0.4, -0.2) is 0 Å². The number of benzene rings is 2. The first kappa shape index (κ1) is 11.7. The van der Waals surface area contributed by atoms with Crippen molar-refractivity contribution in [2.24, 2.45) is 0 Å². The lowest BCUT2D eigenvalue weighted by atomic mass is 10.1. The molecule has 1 unspecified atom stereocenters. The van der Waals surface area contributed by atoms with Crippen LogP contribution in [0.2, 0.25) is 0 Å². The van der Waals surface area contributed by atoms with E-state index in [0.717, 1.165) is 28.6 Å². The summed E-state index contributed by atoms with van der Waals surface area (Å²) in [6.45, 7) is 0. The Balaban J connectivity index is 1.85. The number of nitrogens with one attached hydrogen (secondary N) is 1. The second-order valence-electron chi connectivity index (χ2n) is 4.59. The van der Waals surface area contributed by atoms with Crippen molar-refractivity contribution in [1.29, 1.82) is 0 Å². The fraction of sp³-hybridized carbons (Fsp3) is 0.200. The Hall–Kier alpha value is -1.35. The van der Waals surface area contributed by atoms with Gasteiger partial charge in [0.15, 0.2) is 0 Å². The van der Waals surface area contributed by atoms with Crippen molar-refractivity contribution in [3.8, 4) is 0 Å². The monoisotopic (exact) mass is 305 g/mol. The maximum atomic E-state index is 13.1. The van der Waals surface area contributed by atoms with Crippen LogP contribution in [0.25, 0.3) is 0 Å². The van der Waals surface area contributed by atoms with Crippen LogP contribution in [0.5, 0.6) is 0 Å². The number of anilines is 1. The van der Waals surface area contributed by atoms with Gasteiger partial charge in [-0.3, -0.25) is 0 Å². The average molecular weight is 306 g/mol. The molecule has 0 aliphatic heterocycles. The highest BCUT2D eigenvalue weighted by atomic mass is 79.9. The van der Waals surface area contributed by atoms with E-state index in [-0.39, 0.29) is 11.9 Å². The third-order valence-corrected chi connectivity index (χ3v) is 3.84. The third-order valence-electron chi connectivity index (χ3n) is 3.35. The molecule has 0 radical (unpaired) electrons. The predicted octanol–water partition coefficient (Wildman–Crippen LogP) is 4.69. The molecule has 0 spiro atoms. The van der Waals surface area contributed by atoms with Gasteiger partial charge in [0.2, 0.25) is 0 Å². The lowest BCUT2D eigenvalue weighted by molar-refractivity contribution is 0.626. The summed E-state index contributed by atoms with van der Waals surface area (Å²) in [5, 5.41) is 3.50. The molecule has 0 amide bonds. The summed E-state index contributed by atoms with van der Waals surface area (Å²) in [6, 6.07) is 13.5. The summed E-state index contributed by atoms with van der Waals surface area (Å²) in [4.78, 5) is 0. The first-order valence-corrected chi connectivity index (χ1v) is 6.82. The summed E-state index contributed by atoms with van der Waals surface area (Å²) in [5.74, 6) is -0.142. The summed E-state index contributed by atoms with van der Waals surface area (Å²) < 4.78 is 14.2. The molecule has 2 aromatic carbocycles. The average Bonchev–Trinajstić information content (AvgIpc) is 2.72. The number of fused-ring (bicyclic) bond motifs is 1. The SMILES string of the molecule is Fc1ccc2c(c1)CCC2Nc1cccc(Br)c1. The maximum absolute atomic E-state index is 13.1. The smallest absolute Gasteiger partial charge is 0.123 e. The molecule has 3 rings (SSSR count). The molecule has 18 heavy (non-hydrogen) atoms. The molecule has 0 bridgehead atoms. The molecule has 0 heterocycles. The van der Waals surface area contributed by atoms with Gasteiger partial charge in [-0.05, 0) is 54.3 Å². The van der Waals surface area contributed by atoms with Gasteiger partial charge >= 0.3 is 0 Å². The molecule has 3 heteroatoms. The molecule has 1 atom stereocenters. The molecule has 2 aromatic rings. The van der Waals surface area contributed by atoms with E-state index >= 15 is 0 Å². The van der Waals surface area contributed by atoms with E-state index in [4.69, 9.17) is 0 Å². The summed E-state index contributed by atoms with van der Waals surface area (Å²) in [5.41, 5.74) is 3.44. The van der Waals surface area contributed by atoms with Crippen LogP contribution in [0.3, 0.4) is 0 Å². The van der Waals surface area contributed by atoms with Crippen molar-refractivity contribution in [3.63, 3.8) is 0 Å². The fourth-order valence-electron chi connectivity index (χ4n) is 2.52. The Kier molecular flexibility index (Phi) is 3.08. The van der Waals surface area contributed by atoms with Crippen molar-refractivity contribution in [1.82, 2.24) is 0 Å². The van der Waals surface area contributed by atoms with E-state index in [2.05, 4.69) is 27.3 Å². The zero-order chi connectivity index (χ0) is 12.5. The molecule has 0 saturated heterocycles. The lowest BCUT2D eigenvalue weighted by Crippen LogP contribution is -2.06. The zero-order valence-corrected chi connectivity index (χ0v) is 11.4. The van der Waals surface area contributed by atoms with Gasteiger partial charge in [-0.15, -0.1) is 0 Å². The normalized spacial score (nSPS) is 17.6. The molecule has 1 aliphatic carbocycles. The van der Waals surface area contributed by atoms with Gasteiger partial charge < -0.3 is 5.32 Å². The van der Waals surface area contributed by atoms with Crippen LogP contribution in [0.4, 0.5) is 10.1 Å². The molecule has 0 fully saturated rings. The first-order valence-electron chi connectivity index (χ1n) is 6.03. The molecule has 1 nitrogen and oxygen atoms in total. The summed E-state index contributed by atoms with van der Waals surface area (Å²) in [6.07, 6.45) is 1.96. The second kappa shape index (κ2) is 4.73. The molecular weight excluding hydrogens is 293 g/mol. The van der Waals surface area contributed by atoms with E-state index in [1.165, 1.54) is 5.56 Å². The van der Waals surface area contributed by atoms with Gasteiger partial charge in [0, 0.05) is 10.2 Å². The Labute approximate surface area is 114 Å². The van der Waals surface area contributed by atoms with Gasteiger partial charge in [0.25, 0.3) is 0 Å². The number of aryl methyl sites for hydroxylation is 1. The topological polar surface area (TPSA) is 12.0 Å². The number of rotatable bonds is 2. The molecular formula is C15H13BrFN. The van der Waals surface area contributed by atoms with E-state index in [0.29, 0.717) is 0 Å². The van der Waals surface area contributed by atoms with Gasteiger partial charge in [-0.2, -0.15) is 0 Å². The second-order valence-corrected chi connectivity index (χ2v) is 5.50. The Morgan fingerprint density at radius 1 is 1.17 bits per heavy atom. The van der Waals surface area contributed by atoms with Crippen molar-refractivity contribution in [3.05, 3.63) is 63.9 Å². The van der Waals surface area contributed by atoms with E-state index in [1.54, 1.807) is 12.1 Å². The van der Waals surface area contributed by atoms with Crippen LogP contribution in [0.1, 0.15) is 23.6 Å². The largest absolute Gasteiger partial charge is 0.378 e. The first-order chi connectivity index (χ1) is 8.72. The van der Waals surface area contributed by atoms with Crippen molar-refractivity contribution >= 4 is 21.6 Å². The highest BCUT2D eigenvalue weighted by Crippen LogP contribution is 2.34. The van der Waals surface area contributed by atoms with E-state index in [9.17, 15) is 4.39 Å². The van der Waals surface area contributed by atoms with Crippen LogP contribution >= 0.6 is 15.9 Å². The Morgan fingerprint density at radius 3 is 2.89 bits per heavy atom. The van der Waals surface area contributed by atoms with Crippen LogP contribution in [0.15, 0.2) is 46.9 Å². The minimum atomic E-state index is -0.142. The molecule has 0 aromatic heterocycles.